The van der Waals surface area contributed by atoms with Crippen LogP contribution < -0.4 is 15.5 Å². The Labute approximate surface area is 172 Å². The molecule has 148 valence electrons. The number of amides is 2. The van der Waals surface area contributed by atoms with Gasteiger partial charge in [0.15, 0.2) is 0 Å². The van der Waals surface area contributed by atoms with Crippen LogP contribution in [0.4, 0.5) is 11.5 Å². The van der Waals surface area contributed by atoms with E-state index < -0.39 is 0 Å². The molecule has 0 spiro atoms. The van der Waals surface area contributed by atoms with Crippen molar-refractivity contribution < 1.29 is 9.59 Å². The normalized spacial score (nSPS) is 13.3. The van der Waals surface area contributed by atoms with Gasteiger partial charge >= 0.3 is 0 Å². The molecule has 0 aliphatic carbocycles. The molecule has 2 amide bonds. The quantitative estimate of drug-likeness (QED) is 0.655. The fourth-order valence-electron chi connectivity index (χ4n) is 3.23. The van der Waals surface area contributed by atoms with Gasteiger partial charge in [0, 0.05) is 43.8 Å². The summed E-state index contributed by atoms with van der Waals surface area (Å²) in [5.41, 5.74) is 1.99. The number of nitrogens with zero attached hydrogens (tertiary/aromatic N) is 3. The fourth-order valence-corrected chi connectivity index (χ4v) is 4.00. The highest BCUT2D eigenvalue weighted by molar-refractivity contribution is 7.12. The van der Waals surface area contributed by atoms with Crippen molar-refractivity contribution >= 4 is 34.7 Å². The number of aromatic nitrogens is 2. The van der Waals surface area contributed by atoms with Gasteiger partial charge < -0.3 is 15.5 Å². The van der Waals surface area contributed by atoms with Crippen LogP contribution in [0, 0.1) is 0 Å². The first-order valence-electron chi connectivity index (χ1n) is 9.47. The molecule has 4 heterocycles. The lowest BCUT2D eigenvalue weighted by Crippen LogP contribution is -2.24. The summed E-state index contributed by atoms with van der Waals surface area (Å²) in [6.07, 6.45) is 7.27. The number of hydrogen-bond acceptors (Lipinski definition) is 6. The Hall–Kier alpha value is -3.26. The SMILES string of the molecule is O=C(Nc1ccsc1C(=O)NCc1ccnc(N2CCCC2)c1)c1ccncc1. The first-order valence-corrected chi connectivity index (χ1v) is 10.4. The third-order valence-corrected chi connectivity index (χ3v) is 5.67. The van der Waals surface area contributed by atoms with E-state index in [1.165, 1.54) is 24.2 Å². The van der Waals surface area contributed by atoms with Gasteiger partial charge in [-0.3, -0.25) is 14.6 Å². The van der Waals surface area contributed by atoms with Gasteiger partial charge in [0.1, 0.15) is 10.7 Å². The number of thiophene rings is 1. The minimum atomic E-state index is -0.274. The van der Waals surface area contributed by atoms with Crippen LogP contribution in [0.5, 0.6) is 0 Å². The molecule has 1 aliphatic heterocycles. The fraction of sp³-hybridized carbons (Fsp3) is 0.238. The molecule has 0 bridgehead atoms. The minimum Gasteiger partial charge on any atom is -0.357 e. The zero-order chi connectivity index (χ0) is 20.1. The molecule has 0 saturated carbocycles. The number of anilines is 2. The summed E-state index contributed by atoms with van der Waals surface area (Å²) in [7, 11) is 0. The number of pyridine rings is 2. The largest absolute Gasteiger partial charge is 0.357 e. The minimum absolute atomic E-state index is 0.218. The number of hydrogen-bond donors (Lipinski definition) is 2. The summed E-state index contributed by atoms with van der Waals surface area (Å²) in [5.74, 6) is 0.462. The van der Waals surface area contributed by atoms with Crippen molar-refractivity contribution in [3.05, 3.63) is 70.3 Å². The highest BCUT2D eigenvalue weighted by Gasteiger charge is 2.17. The lowest BCUT2D eigenvalue weighted by Gasteiger charge is -2.17. The number of nitrogens with one attached hydrogen (secondary N) is 2. The molecular formula is C21H21N5O2S. The summed E-state index contributed by atoms with van der Waals surface area (Å²) in [6.45, 7) is 2.45. The molecule has 0 aromatic carbocycles. The van der Waals surface area contributed by atoms with Crippen LogP contribution in [0.25, 0.3) is 0 Å². The zero-order valence-corrected chi connectivity index (χ0v) is 16.6. The van der Waals surface area contributed by atoms with Gasteiger partial charge in [-0.15, -0.1) is 11.3 Å². The van der Waals surface area contributed by atoms with Gasteiger partial charge in [-0.1, -0.05) is 0 Å². The van der Waals surface area contributed by atoms with Gasteiger partial charge in [-0.25, -0.2) is 4.98 Å². The molecule has 2 N–H and O–H groups in total. The summed E-state index contributed by atoms with van der Waals surface area (Å²) in [6, 6.07) is 8.91. The van der Waals surface area contributed by atoms with E-state index in [2.05, 4.69) is 25.5 Å². The van der Waals surface area contributed by atoms with Gasteiger partial charge in [-0.05, 0) is 54.1 Å². The lowest BCUT2D eigenvalue weighted by molar-refractivity contribution is 0.0955. The van der Waals surface area contributed by atoms with E-state index in [9.17, 15) is 9.59 Å². The Balaban J connectivity index is 1.39. The average molecular weight is 407 g/mol. The molecule has 1 saturated heterocycles. The lowest BCUT2D eigenvalue weighted by atomic mass is 10.2. The van der Waals surface area contributed by atoms with Crippen LogP contribution >= 0.6 is 11.3 Å². The summed E-state index contributed by atoms with van der Waals surface area (Å²) >= 11 is 1.29. The zero-order valence-electron chi connectivity index (χ0n) is 15.8. The van der Waals surface area contributed by atoms with Gasteiger partial charge in [0.05, 0.1) is 5.69 Å². The van der Waals surface area contributed by atoms with E-state index in [0.717, 1.165) is 24.5 Å². The first kappa shape index (κ1) is 19.1. The van der Waals surface area contributed by atoms with Crippen molar-refractivity contribution in [3.8, 4) is 0 Å². The maximum atomic E-state index is 12.7. The van der Waals surface area contributed by atoms with Gasteiger partial charge in [-0.2, -0.15) is 0 Å². The Morgan fingerprint density at radius 1 is 1.03 bits per heavy atom. The predicted molar refractivity (Wildman–Crippen MR) is 113 cm³/mol. The van der Waals surface area contributed by atoms with Crippen molar-refractivity contribution in [2.24, 2.45) is 0 Å². The van der Waals surface area contributed by atoms with E-state index in [0.29, 0.717) is 22.7 Å². The molecule has 0 atom stereocenters. The third kappa shape index (κ3) is 4.60. The van der Waals surface area contributed by atoms with E-state index in [1.54, 1.807) is 42.2 Å². The van der Waals surface area contributed by atoms with E-state index in [4.69, 9.17) is 0 Å². The Bertz CT molecular complexity index is 999. The van der Waals surface area contributed by atoms with E-state index in [1.807, 2.05) is 12.1 Å². The summed E-state index contributed by atoms with van der Waals surface area (Å²) < 4.78 is 0. The van der Waals surface area contributed by atoms with Crippen molar-refractivity contribution in [2.75, 3.05) is 23.3 Å². The van der Waals surface area contributed by atoms with Crippen LogP contribution in [-0.4, -0.2) is 34.9 Å². The highest BCUT2D eigenvalue weighted by atomic mass is 32.1. The molecule has 29 heavy (non-hydrogen) atoms. The van der Waals surface area contributed by atoms with Crippen LogP contribution in [0.15, 0.2) is 54.3 Å². The number of carbonyl (C=O) groups is 2. The summed E-state index contributed by atoms with van der Waals surface area (Å²) in [4.78, 5) is 36.1. The Morgan fingerprint density at radius 2 is 1.83 bits per heavy atom. The molecule has 8 heteroatoms. The van der Waals surface area contributed by atoms with Gasteiger partial charge in [0.25, 0.3) is 11.8 Å². The average Bonchev–Trinajstić information content (AvgIpc) is 3.45. The molecular weight excluding hydrogens is 386 g/mol. The molecule has 0 radical (unpaired) electrons. The van der Waals surface area contributed by atoms with Crippen LogP contribution in [0.1, 0.15) is 38.4 Å². The van der Waals surface area contributed by atoms with Crippen molar-refractivity contribution in [1.29, 1.82) is 0 Å². The predicted octanol–water partition coefficient (Wildman–Crippen LogP) is 3.32. The second-order valence-electron chi connectivity index (χ2n) is 6.75. The maximum absolute atomic E-state index is 12.7. The standard InChI is InChI=1S/C21H21N5O2S/c27-20(16-4-7-22-8-5-16)25-17-6-12-29-19(17)21(28)24-14-15-3-9-23-18(13-15)26-10-1-2-11-26/h3-9,12-13H,1-2,10-11,14H2,(H,24,28)(H,25,27). The molecule has 7 nitrogen and oxygen atoms in total. The Kier molecular flexibility index (Phi) is 5.81. The van der Waals surface area contributed by atoms with Gasteiger partial charge in [0.2, 0.25) is 0 Å². The van der Waals surface area contributed by atoms with Crippen LogP contribution in [-0.2, 0) is 6.54 Å². The molecule has 3 aromatic rings. The monoisotopic (exact) mass is 407 g/mol. The van der Waals surface area contributed by atoms with Crippen LogP contribution in [0.2, 0.25) is 0 Å². The molecule has 1 aliphatic rings. The summed E-state index contributed by atoms with van der Waals surface area (Å²) in [5, 5.41) is 7.52. The van der Waals surface area contributed by atoms with Crippen molar-refractivity contribution in [3.63, 3.8) is 0 Å². The van der Waals surface area contributed by atoms with E-state index >= 15 is 0 Å². The van der Waals surface area contributed by atoms with Crippen molar-refractivity contribution in [1.82, 2.24) is 15.3 Å². The smallest absolute Gasteiger partial charge is 0.263 e. The molecule has 1 fully saturated rings. The molecule has 0 unspecified atom stereocenters. The van der Waals surface area contributed by atoms with Crippen molar-refractivity contribution in [2.45, 2.75) is 19.4 Å². The molecule has 3 aromatic heterocycles. The third-order valence-electron chi connectivity index (χ3n) is 4.76. The molecule has 4 rings (SSSR count). The number of carbonyl (C=O) groups excluding carboxylic acids is 2. The van der Waals surface area contributed by atoms with E-state index in [-0.39, 0.29) is 11.8 Å². The van der Waals surface area contributed by atoms with Crippen LogP contribution in [0.3, 0.4) is 0 Å². The Morgan fingerprint density at radius 3 is 2.62 bits per heavy atom. The maximum Gasteiger partial charge on any atom is 0.263 e. The second-order valence-corrected chi connectivity index (χ2v) is 7.67. The second kappa shape index (κ2) is 8.83. The topological polar surface area (TPSA) is 87.2 Å². The first-order chi connectivity index (χ1) is 14.2. The highest BCUT2D eigenvalue weighted by Crippen LogP contribution is 2.23. The number of rotatable bonds is 6.